The van der Waals surface area contributed by atoms with E-state index >= 15 is 0 Å². The molecule has 0 aliphatic carbocycles. The largest absolute Gasteiger partial charge is 0.436 e. The molecule has 0 fully saturated rings. The summed E-state index contributed by atoms with van der Waals surface area (Å²) in [7, 11) is 1.14. The van der Waals surface area contributed by atoms with E-state index in [9.17, 15) is 28.1 Å². The fourth-order valence-electron chi connectivity index (χ4n) is 2.68. The van der Waals surface area contributed by atoms with Crippen LogP contribution in [-0.2, 0) is 13.2 Å². The van der Waals surface area contributed by atoms with Crippen LogP contribution in [0.15, 0.2) is 52.3 Å². The number of nitro groups is 1. The molecule has 162 valence electrons. The van der Waals surface area contributed by atoms with Crippen molar-refractivity contribution in [3.05, 3.63) is 74.6 Å². The van der Waals surface area contributed by atoms with Crippen molar-refractivity contribution in [3.8, 4) is 0 Å². The fourth-order valence-corrected chi connectivity index (χ4v) is 3.94. The molecule has 0 unspecified atom stereocenters. The number of hydrogen-bond acceptors (Lipinski definition) is 5. The van der Waals surface area contributed by atoms with E-state index in [1.54, 1.807) is 0 Å². The van der Waals surface area contributed by atoms with Gasteiger partial charge in [-0.2, -0.15) is 18.3 Å². The minimum Gasteiger partial charge on any atom is -0.320 e. The number of carbonyl (C=O) groups is 1. The highest BCUT2D eigenvalue weighted by Gasteiger charge is 2.39. The van der Waals surface area contributed by atoms with Gasteiger partial charge in [0.25, 0.3) is 11.6 Å². The smallest absolute Gasteiger partial charge is 0.320 e. The standard InChI is InChI=1S/C19H14ClF3N4O3S/c1-10-3-5-13(6-4-10)31-14-8-11(7-12(9-14)27(29)30)24-18(28)16-15(20)17(19(21,22)23)25-26(16)2/h3-9H,1-2H3,(H,24,28). The minimum atomic E-state index is -4.84. The van der Waals surface area contributed by atoms with Crippen LogP contribution in [0.4, 0.5) is 24.5 Å². The average molecular weight is 471 g/mol. The van der Waals surface area contributed by atoms with Crippen molar-refractivity contribution in [1.82, 2.24) is 9.78 Å². The van der Waals surface area contributed by atoms with Gasteiger partial charge in [0.1, 0.15) is 10.7 Å². The van der Waals surface area contributed by atoms with E-state index in [1.807, 2.05) is 31.2 Å². The van der Waals surface area contributed by atoms with Crippen LogP contribution in [0.2, 0.25) is 5.02 Å². The van der Waals surface area contributed by atoms with Crippen molar-refractivity contribution in [2.75, 3.05) is 5.32 Å². The van der Waals surface area contributed by atoms with Crippen LogP contribution < -0.4 is 5.32 Å². The summed E-state index contributed by atoms with van der Waals surface area (Å²) in [6, 6.07) is 11.3. The zero-order chi connectivity index (χ0) is 22.9. The van der Waals surface area contributed by atoms with E-state index in [2.05, 4.69) is 10.4 Å². The van der Waals surface area contributed by atoms with Crippen LogP contribution in [0.25, 0.3) is 0 Å². The van der Waals surface area contributed by atoms with Crippen molar-refractivity contribution in [2.24, 2.45) is 7.05 Å². The first-order valence-corrected chi connectivity index (χ1v) is 9.80. The first-order chi connectivity index (χ1) is 14.5. The zero-order valence-corrected chi connectivity index (χ0v) is 17.6. The highest BCUT2D eigenvalue weighted by molar-refractivity contribution is 7.99. The molecule has 1 heterocycles. The molecule has 0 aliphatic rings. The number of rotatable bonds is 5. The van der Waals surface area contributed by atoms with Crippen LogP contribution in [0.3, 0.4) is 0 Å². The molecule has 0 aliphatic heterocycles. The van der Waals surface area contributed by atoms with E-state index < -0.39 is 33.4 Å². The highest BCUT2D eigenvalue weighted by Crippen LogP contribution is 2.36. The predicted octanol–water partition coefficient (Wildman–Crippen LogP) is 5.71. The molecule has 1 N–H and O–H groups in total. The molecule has 1 amide bonds. The maximum Gasteiger partial charge on any atom is 0.436 e. The number of nitrogens with zero attached hydrogens (tertiary/aromatic N) is 3. The summed E-state index contributed by atoms with van der Waals surface area (Å²) in [5, 5.41) is 16.1. The number of hydrogen-bond donors (Lipinski definition) is 1. The van der Waals surface area contributed by atoms with E-state index in [0.717, 1.165) is 23.6 Å². The average Bonchev–Trinajstić information content (AvgIpc) is 2.98. The molecule has 2 aromatic carbocycles. The van der Waals surface area contributed by atoms with E-state index in [1.165, 1.54) is 23.9 Å². The van der Waals surface area contributed by atoms with Gasteiger partial charge in [0.15, 0.2) is 5.69 Å². The Bertz CT molecular complexity index is 1160. The van der Waals surface area contributed by atoms with Crippen molar-refractivity contribution >= 4 is 40.6 Å². The van der Waals surface area contributed by atoms with Gasteiger partial charge in [0.05, 0.1) is 4.92 Å². The number of nitro benzene ring substituents is 1. The molecule has 7 nitrogen and oxygen atoms in total. The molecule has 0 bridgehead atoms. The molecule has 0 spiro atoms. The number of aryl methyl sites for hydroxylation is 2. The highest BCUT2D eigenvalue weighted by atomic mass is 35.5. The summed E-state index contributed by atoms with van der Waals surface area (Å²) in [6.07, 6.45) is -4.84. The van der Waals surface area contributed by atoms with Crippen LogP contribution in [0.1, 0.15) is 21.7 Å². The molecule has 3 rings (SSSR count). The first kappa shape index (κ1) is 22.6. The molecular weight excluding hydrogens is 457 g/mol. The lowest BCUT2D eigenvalue weighted by molar-refractivity contribution is -0.385. The van der Waals surface area contributed by atoms with E-state index in [4.69, 9.17) is 11.6 Å². The number of anilines is 1. The second-order valence-corrected chi connectivity index (χ2v) is 8.00. The number of alkyl halides is 3. The summed E-state index contributed by atoms with van der Waals surface area (Å²) >= 11 is 6.96. The summed E-state index contributed by atoms with van der Waals surface area (Å²) in [5.74, 6) is -0.984. The number of benzene rings is 2. The third-order valence-corrected chi connectivity index (χ3v) is 5.43. The number of non-ortho nitro benzene ring substituents is 1. The molecule has 0 atom stereocenters. The van der Waals surface area contributed by atoms with Crippen LogP contribution in [0.5, 0.6) is 0 Å². The van der Waals surface area contributed by atoms with Gasteiger partial charge in [-0.15, -0.1) is 0 Å². The number of halogens is 4. The Labute approximate surface area is 183 Å². The Kier molecular flexibility index (Phi) is 6.27. The van der Waals surface area contributed by atoms with E-state index in [-0.39, 0.29) is 11.4 Å². The third-order valence-electron chi connectivity index (χ3n) is 4.09. The molecule has 3 aromatic rings. The van der Waals surface area contributed by atoms with Crippen LogP contribution >= 0.6 is 23.4 Å². The predicted molar refractivity (Wildman–Crippen MR) is 110 cm³/mol. The lowest BCUT2D eigenvalue weighted by Gasteiger charge is -2.09. The van der Waals surface area contributed by atoms with Gasteiger partial charge in [-0.05, 0) is 25.1 Å². The van der Waals surface area contributed by atoms with Crippen molar-refractivity contribution in [3.63, 3.8) is 0 Å². The van der Waals surface area contributed by atoms with Crippen molar-refractivity contribution in [2.45, 2.75) is 22.9 Å². The summed E-state index contributed by atoms with van der Waals surface area (Å²) in [4.78, 5) is 24.5. The van der Waals surface area contributed by atoms with Gasteiger partial charge < -0.3 is 5.32 Å². The monoisotopic (exact) mass is 470 g/mol. The van der Waals surface area contributed by atoms with Crippen LogP contribution in [0, 0.1) is 17.0 Å². The fraction of sp³-hybridized carbons (Fsp3) is 0.158. The topological polar surface area (TPSA) is 90.1 Å². The molecule has 12 heteroatoms. The Morgan fingerprint density at radius 2 is 1.84 bits per heavy atom. The Hall–Kier alpha value is -3.05. The third kappa shape index (κ3) is 5.17. The van der Waals surface area contributed by atoms with Gasteiger partial charge >= 0.3 is 6.18 Å². The second-order valence-electron chi connectivity index (χ2n) is 6.47. The second kappa shape index (κ2) is 8.60. The molecule has 0 saturated heterocycles. The maximum atomic E-state index is 13.0. The van der Waals surface area contributed by atoms with Gasteiger partial charge in [-0.25, -0.2) is 0 Å². The normalized spacial score (nSPS) is 11.4. The van der Waals surface area contributed by atoms with Gasteiger partial charge in [0, 0.05) is 34.7 Å². The van der Waals surface area contributed by atoms with Gasteiger partial charge in [-0.3, -0.25) is 19.6 Å². The quantitative estimate of drug-likeness (QED) is 0.381. The molecule has 31 heavy (non-hydrogen) atoms. The van der Waals surface area contributed by atoms with E-state index in [0.29, 0.717) is 9.58 Å². The molecule has 0 radical (unpaired) electrons. The SMILES string of the molecule is Cc1ccc(Sc2cc(NC(=O)c3c(Cl)c(C(F)(F)F)nn3C)cc([N+](=O)[O-])c2)cc1. The Morgan fingerprint density at radius 3 is 2.39 bits per heavy atom. The minimum absolute atomic E-state index is 0.0274. The number of carbonyl (C=O) groups excluding carboxylic acids is 1. The van der Waals surface area contributed by atoms with Crippen molar-refractivity contribution in [1.29, 1.82) is 0 Å². The Morgan fingerprint density at radius 1 is 1.19 bits per heavy atom. The summed E-state index contributed by atoms with van der Waals surface area (Å²) < 4.78 is 39.7. The molecule has 1 aromatic heterocycles. The Balaban J connectivity index is 1.93. The first-order valence-electron chi connectivity index (χ1n) is 8.60. The van der Waals surface area contributed by atoms with Crippen LogP contribution in [-0.4, -0.2) is 20.6 Å². The molecule has 0 saturated carbocycles. The number of nitrogens with one attached hydrogen (secondary N) is 1. The summed E-state index contributed by atoms with van der Waals surface area (Å²) in [6.45, 7) is 1.92. The number of amides is 1. The summed E-state index contributed by atoms with van der Waals surface area (Å²) in [5.41, 5.74) is -1.13. The maximum absolute atomic E-state index is 13.0. The lowest BCUT2D eigenvalue weighted by Crippen LogP contribution is -2.16. The van der Waals surface area contributed by atoms with Gasteiger partial charge in [-0.1, -0.05) is 41.1 Å². The van der Waals surface area contributed by atoms with Gasteiger partial charge in [0.2, 0.25) is 0 Å². The number of aromatic nitrogens is 2. The molecular formula is C19H14ClF3N4O3S. The zero-order valence-electron chi connectivity index (χ0n) is 16.0. The lowest BCUT2D eigenvalue weighted by atomic mass is 10.2. The van der Waals surface area contributed by atoms with Crippen molar-refractivity contribution < 1.29 is 22.9 Å².